The minimum absolute atomic E-state index is 0.157. The summed E-state index contributed by atoms with van der Waals surface area (Å²) in [6.45, 7) is 6.01. The van der Waals surface area contributed by atoms with Crippen LogP contribution in [0.4, 0.5) is 5.69 Å². The van der Waals surface area contributed by atoms with Crippen LogP contribution in [0.15, 0.2) is 83.8 Å². The van der Waals surface area contributed by atoms with Gasteiger partial charge in [0.15, 0.2) is 6.10 Å². The van der Waals surface area contributed by atoms with Crippen LogP contribution in [-0.4, -0.2) is 12.0 Å². The lowest BCUT2D eigenvalue weighted by Crippen LogP contribution is -2.30. The fourth-order valence-corrected chi connectivity index (χ4v) is 3.80. The van der Waals surface area contributed by atoms with E-state index in [2.05, 4.69) is 31.3 Å². The number of amides is 1. The molecule has 0 bridgehead atoms. The Morgan fingerprint density at radius 1 is 0.897 bits per heavy atom. The minimum atomic E-state index is -0.580. The van der Waals surface area contributed by atoms with Crippen LogP contribution < -0.4 is 10.1 Å². The fraction of sp³-hybridized carbons (Fsp3) is 0.240. The van der Waals surface area contributed by atoms with Crippen molar-refractivity contribution < 1.29 is 9.53 Å². The molecule has 0 aromatic heterocycles. The number of hydrogen-bond donors (Lipinski definition) is 1. The summed E-state index contributed by atoms with van der Waals surface area (Å²) < 4.78 is 5.94. The zero-order chi connectivity index (χ0) is 20.6. The van der Waals surface area contributed by atoms with Crippen molar-refractivity contribution in [2.24, 2.45) is 0 Å². The van der Waals surface area contributed by atoms with Crippen molar-refractivity contribution in [3.63, 3.8) is 0 Å². The molecular formula is C25H27NO2S. The smallest absolute Gasteiger partial charge is 0.265 e. The third-order valence-corrected chi connectivity index (χ3v) is 5.67. The number of hydrogen-bond acceptors (Lipinski definition) is 3. The Hall–Kier alpha value is -2.72. The third kappa shape index (κ3) is 6.13. The first-order valence-electron chi connectivity index (χ1n) is 9.86. The molecule has 3 aromatic carbocycles. The number of carbonyl (C=O) groups excluding carboxylic acids is 1. The van der Waals surface area contributed by atoms with Crippen molar-refractivity contribution in [3.8, 4) is 5.75 Å². The molecule has 29 heavy (non-hydrogen) atoms. The molecule has 1 N–H and O–H groups in total. The Balaban J connectivity index is 1.55. The molecule has 0 saturated heterocycles. The Labute approximate surface area is 177 Å². The van der Waals surface area contributed by atoms with Crippen molar-refractivity contribution >= 4 is 23.4 Å². The summed E-state index contributed by atoms with van der Waals surface area (Å²) in [5.41, 5.74) is 3.09. The van der Waals surface area contributed by atoms with Gasteiger partial charge in [-0.1, -0.05) is 62.4 Å². The van der Waals surface area contributed by atoms with E-state index in [0.29, 0.717) is 5.92 Å². The second-order valence-electron chi connectivity index (χ2n) is 7.24. The van der Waals surface area contributed by atoms with Gasteiger partial charge in [-0.25, -0.2) is 0 Å². The van der Waals surface area contributed by atoms with E-state index in [-0.39, 0.29) is 5.91 Å². The van der Waals surface area contributed by atoms with Crippen molar-refractivity contribution in [2.45, 2.75) is 43.4 Å². The fourth-order valence-electron chi connectivity index (χ4n) is 2.92. The second-order valence-corrected chi connectivity index (χ2v) is 8.29. The lowest BCUT2D eigenvalue weighted by atomic mass is 10.0. The van der Waals surface area contributed by atoms with Gasteiger partial charge in [0.2, 0.25) is 0 Å². The van der Waals surface area contributed by atoms with Crippen molar-refractivity contribution in [3.05, 3.63) is 90.0 Å². The van der Waals surface area contributed by atoms with Crippen LogP contribution in [0.2, 0.25) is 0 Å². The molecule has 1 atom stereocenters. The summed E-state index contributed by atoms with van der Waals surface area (Å²) in [4.78, 5) is 13.8. The molecule has 0 heterocycles. The molecule has 0 aliphatic rings. The number of nitrogens with one attached hydrogen (secondary N) is 1. The highest BCUT2D eigenvalue weighted by Crippen LogP contribution is 2.27. The molecule has 4 heteroatoms. The number of carbonyl (C=O) groups is 1. The first-order chi connectivity index (χ1) is 14.0. The molecular weight excluding hydrogens is 378 g/mol. The Morgan fingerprint density at radius 3 is 2.24 bits per heavy atom. The molecule has 0 radical (unpaired) electrons. The summed E-state index contributed by atoms with van der Waals surface area (Å²) in [5, 5.41) is 2.94. The van der Waals surface area contributed by atoms with Crippen LogP contribution in [0.5, 0.6) is 5.75 Å². The molecule has 0 spiro atoms. The van der Waals surface area contributed by atoms with Gasteiger partial charge >= 0.3 is 0 Å². The zero-order valence-corrected chi connectivity index (χ0v) is 17.9. The van der Waals surface area contributed by atoms with Crippen molar-refractivity contribution in [1.82, 2.24) is 0 Å². The highest BCUT2D eigenvalue weighted by atomic mass is 32.2. The van der Waals surface area contributed by atoms with Gasteiger partial charge < -0.3 is 10.1 Å². The van der Waals surface area contributed by atoms with Crippen LogP contribution in [0.25, 0.3) is 0 Å². The van der Waals surface area contributed by atoms with E-state index in [1.807, 2.05) is 66.7 Å². The molecule has 0 fully saturated rings. The molecule has 0 aliphatic heterocycles. The van der Waals surface area contributed by atoms with E-state index < -0.39 is 6.10 Å². The normalized spacial score (nSPS) is 11.9. The standard InChI is InChI=1S/C25H27NO2S/c1-18(2)23-11-7-8-12-24(23)28-19(3)25(27)26-21-15-13-20(14-16-21)17-29-22-9-5-4-6-10-22/h4-16,18-19H,17H2,1-3H3,(H,26,27)/t19-/m1/s1. The molecule has 0 aliphatic carbocycles. The van der Waals surface area contributed by atoms with Crippen molar-refractivity contribution in [2.75, 3.05) is 5.32 Å². The molecule has 1 amide bonds. The van der Waals surface area contributed by atoms with E-state index in [0.717, 1.165) is 22.8 Å². The highest BCUT2D eigenvalue weighted by molar-refractivity contribution is 7.98. The predicted molar refractivity (Wildman–Crippen MR) is 122 cm³/mol. The first kappa shape index (κ1) is 21.0. The van der Waals surface area contributed by atoms with E-state index in [4.69, 9.17) is 4.74 Å². The summed E-state index contributed by atoms with van der Waals surface area (Å²) in [6.07, 6.45) is -0.580. The predicted octanol–water partition coefficient (Wildman–Crippen LogP) is 6.51. The number of ether oxygens (including phenoxy) is 1. The topological polar surface area (TPSA) is 38.3 Å². The molecule has 0 saturated carbocycles. The van der Waals surface area contributed by atoms with E-state index >= 15 is 0 Å². The van der Waals surface area contributed by atoms with Crippen LogP contribution in [0, 0.1) is 0 Å². The number of rotatable bonds is 8. The highest BCUT2D eigenvalue weighted by Gasteiger charge is 2.17. The van der Waals surface area contributed by atoms with Gasteiger partial charge in [-0.05, 0) is 54.3 Å². The van der Waals surface area contributed by atoms with Gasteiger partial charge in [-0.2, -0.15) is 0 Å². The summed E-state index contributed by atoms with van der Waals surface area (Å²) in [7, 11) is 0. The monoisotopic (exact) mass is 405 g/mol. The van der Waals surface area contributed by atoms with Gasteiger partial charge in [0.25, 0.3) is 5.91 Å². The Bertz CT molecular complexity index is 923. The van der Waals surface area contributed by atoms with Crippen molar-refractivity contribution in [1.29, 1.82) is 0 Å². The second kappa shape index (κ2) is 10.2. The third-order valence-electron chi connectivity index (χ3n) is 4.58. The number of benzene rings is 3. The van der Waals surface area contributed by atoms with Gasteiger partial charge in [0.1, 0.15) is 5.75 Å². The average molecular weight is 406 g/mol. The Morgan fingerprint density at radius 2 is 1.55 bits per heavy atom. The number of para-hydroxylation sites is 1. The molecule has 3 rings (SSSR count). The number of thioether (sulfide) groups is 1. The quantitative estimate of drug-likeness (QED) is 0.434. The maximum atomic E-state index is 12.6. The Kier molecular flexibility index (Phi) is 7.36. The summed E-state index contributed by atoms with van der Waals surface area (Å²) >= 11 is 1.80. The van der Waals surface area contributed by atoms with Gasteiger partial charge in [0.05, 0.1) is 0 Å². The van der Waals surface area contributed by atoms with E-state index in [1.54, 1.807) is 18.7 Å². The average Bonchev–Trinajstić information content (AvgIpc) is 2.74. The van der Waals surface area contributed by atoms with Crippen LogP contribution in [-0.2, 0) is 10.5 Å². The SMILES string of the molecule is CC(C)c1ccccc1O[C@H](C)C(=O)Nc1ccc(CSc2ccccc2)cc1. The largest absolute Gasteiger partial charge is 0.481 e. The lowest BCUT2D eigenvalue weighted by Gasteiger charge is -2.18. The maximum Gasteiger partial charge on any atom is 0.265 e. The first-order valence-corrected chi connectivity index (χ1v) is 10.8. The molecule has 0 unspecified atom stereocenters. The molecule has 150 valence electrons. The summed E-state index contributed by atoms with van der Waals surface area (Å²) in [6, 6.07) is 26.2. The van der Waals surface area contributed by atoms with Crippen LogP contribution in [0.3, 0.4) is 0 Å². The maximum absolute atomic E-state index is 12.6. The van der Waals surface area contributed by atoms with Gasteiger partial charge in [-0.3, -0.25) is 4.79 Å². The van der Waals surface area contributed by atoms with Crippen LogP contribution in [0.1, 0.15) is 37.8 Å². The zero-order valence-electron chi connectivity index (χ0n) is 17.1. The van der Waals surface area contributed by atoms with E-state index in [9.17, 15) is 4.79 Å². The summed E-state index contributed by atoms with van der Waals surface area (Å²) in [5.74, 6) is 1.83. The molecule has 3 aromatic rings. The van der Waals surface area contributed by atoms with Gasteiger partial charge in [-0.15, -0.1) is 11.8 Å². The number of anilines is 1. The molecule has 3 nitrogen and oxygen atoms in total. The minimum Gasteiger partial charge on any atom is -0.481 e. The van der Waals surface area contributed by atoms with E-state index in [1.165, 1.54) is 10.5 Å². The van der Waals surface area contributed by atoms with Gasteiger partial charge in [0, 0.05) is 16.3 Å². The lowest BCUT2D eigenvalue weighted by molar-refractivity contribution is -0.122. The van der Waals surface area contributed by atoms with Crippen LogP contribution >= 0.6 is 11.8 Å².